The third kappa shape index (κ3) is 4.22. The van der Waals surface area contributed by atoms with Gasteiger partial charge < -0.3 is 9.88 Å². The summed E-state index contributed by atoms with van der Waals surface area (Å²) in [6.07, 6.45) is 11.4. The Morgan fingerprint density at radius 2 is 1.47 bits per heavy atom. The van der Waals surface area contributed by atoms with Crippen LogP contribution in [0.15, 0.2) is 156 Å². The zero-order valence-corrected chi connectivity index (χ0v) is 25.9. The van der Waals surface area contributed by atoms with Gasteiger partial charge in [0.2, 0.25) is 0 Å². The lowest BCUT2D eigenvalue weighted by Crippen LogP contribution is -2.26. The normalized spacial score (nSPS) is 16.9. The molecule has 1 N–H and O–H groups in total. The first-order valence-corrected chi connectivity index (χ1v) is 16.6. The molecule has 5 aromatic carbocycles. The van der Waals surface area contributed by atoms with E-state index in [2.05, 4.69) is 156 Å². The van der Waals surface area contributed by atoms with Gasteiger partial charge in [0.25, 0.3) is 0 Å². The van der Waals surface area contributed by atoms with Crippen LogP contribution in [-0.4, -0.2) is 4.57 Å². The summed E-state index contributed by atoms with van der Waals surface area (Å²) in [5.41, 5.74) is 11.4. The van der Waals surface area contributed by atoms with E-state index in [0.29, 0.717) is 0 Å². The zero-order chi connectivity index (χ0) is 29.9. The smallest absolute Gasteiger partial charge is 0.0733 e. The molecule has 45 heavy (non-hydrogen) atoms. The number of hydrogen-bond donors (Lipinski definition) is 1. The van der Waals surface area contributed by atoms with Crippen molar-refractivity contribution in [3.05, 3.63) is 168 Å². The predicted octanol–water partition coefficient (Wildman–Crippen LogP) is 11.4. The number of para-hydroxylation sites is 1. The maximum atomic E-state index is 3.92. The molecule has 1 atom stereocenters. The molecule has 0 bridgehead atoms. The summed E-state index contributed by atoms with van der Waals surface area (Å²) in [6, 6.07) is 42.4. The quantitative estimate of drug-likeness (QED) is 0.214. The van der Waals surface area contributed by atoms with E-state index < -0.39 is 0 Å². The van der Waals surface area contributed by atoms with Gasteiger partial charge in [-0.05, 0) is 78.0 Å². The van der Waals surface area contributed by atoms with E-state index in [1.807, 2.05) is 11.3 Å². The monoisotopic (exact) mass is 596 g/mol. The molecular weight excluding hydrogens is 565 g/mol. The molecular formula is C42H32N2S. The molecule has 1 unspecified atom stereocenters. The van der Waals surface area contributed by atoms with Crippen LogP contribution in [-0.2, 0) is 0 Å². The highest BCUT2D eigenvalue weighted by Crippen LogP contribution is 2.43. The molecule has 7 aromatic rings. The van der Waals surface area contributed by atoms with Crippen molar-refractivity contribution in [2.45, 2.75) is 25.8 Å². The maximum Gasteiger partial charge on any atom is 0.0733 e. The molecule has 2 aromatic heterocycles. The van der Waals surface area contributed by atoms with Gasteiger partial charge in [-0.25, -0.2) is 0 Å². The third-order valence-electron chi connectivity index (χ3n) is 9.50. The van der Waals surface area contributed by atoms with Crippen molar-refractivity contribution in [2.24, 2.45) is 0 Å². The molecule has 3 heteroatoms. The maximum absolute atomic E-state index is 3.92. The van der Waals surface area contributed by atoms with E-state index in [4.69, 9.17) is 0 Å². The van der Waals surface area contributed by atoms with Crippen LogP contribution in [0.1, 0.15) is 36.9 Å². The molecule has 216 valence electrons. The fourth-order valence-electron chi connectivity index (χ4n) is 7.28. The molecule has 0 radical (unpaired) electrons. The van der Waals surface area contributed by atoms with Crippen molar-refractivity contribution >= 4 is 58.9 Å². The molecule has 0 saturated carbocycles. The zero-order valence-electron chi connectivity index (χ0n) is 25.1. The fraction of sp³-hybridized carbons (Fsp3) is 0.0952. The van der Waals surface area contributed by atoms with Gasteiger partial charge >= 0.3 is 0 Å². The van der Waals surface area contributed by atoms with Crippen molar-refractivity contribution in [1.29, 1.82) is 0 Å². The fourth-order valence-corrected chi connectivity index (χ4v) is 8.52. The molecule has 1 aliphatic carbocycles. The number of benzene rings is 5. The second-order valence-electron chi connectivity index (χ2n) is 12.1. The number of fused-ring (bicyclic) bond motifs is 7. The van der Waals surface area contributed by atoms with Crippen LogP contribution >= 0.6 is 11.3 Å². The summed E-state index contributed by atoms with van der Waals surface area (Å²) in [5.74, 6) is 0. The van der Waals surface area contributed by atoms with Crippen LogP contribution in [0, 0.1) is 0 Å². The average molecular weight is 597 g/mol. The minimum atomic E-state index is 0.0814. The Morgan fingerprint density at radius 1 is 0.711 bits per heavy atom. The molecule has 3 heterocycles. The van der Waals surface area contributed by atoms with Crippen molar-refractivity contribution in [3.8, 4) is 5.69 Å². The molecule has 9 rings (SSSR count). The van der Waals surface area contributed by atoms with Crippen molar-refractivity contribution in [2.75, 3.05) is 0 Å². The first-order valence-electron chi connectivity index (χ1n) is 15.8. The van der Waals surface area contributed by atoms with Crippen LogP contribution in [0.3, 0.4) is 0 Å². The second-order valence-corrected chi connectivity index (χ2v) is 13.2. The standard InChI is InChI=1S/C42H32N2S/c1-27-36(28-12-4-2-5-13-28)26-37(29-14-6-3-7-15-29)43-40(27)30-20-22-31(23-21-30)44-38-18-10-8-16-32(38)34-24-25-35-33-17-9-11-19-39(33)45-42(35)41(34)44/h2,4-6,8-26,40,43H,3,7H2,1H3. The van der Waals surface area contributed by atoms with E-state index in [9.17, 15) is 0 Å². The highest BCUT2D eigenvalue weighted by atomic mass is 32.1. The Morgan fingerprint density at radius 3 is 2.29 bits per heavy atom. The minimum Gasteiger partial charge on any atom is -0.374 e. The summed E-state index contributed by atoms with van der Waals surface area (Å²) in [7, 11) is 0. The molecule has 1 aliphatic heterocycles. The lowest BCUT2D eigenvalue weighted by atomic mass is 9.86. The van der Waals surface area contributed by atoms with Gasteiger partial charge in [-0.15, -0.1) is 11.3 Å². The topological polar surface area (TPSA) is 17.0 Å². The number of rotatable bonds is 4. The van der Waals surface area contributed by atoms with Crippen LogP contribution in [0.5, 0.6) is 0 Å². The van der Waals surface area contributed by atoms with E-state index in [-0.39, 0.29) is 6.04 Å². The van der Waals surface area contributed by atoms with Crippen LogP contribution < -0.4 is 5.32 Å². The van der Waals surface area contributed by atoms with E-state index >= 15 is 0 Å². The summed E-state index contributed by atoms with van der Waals surface area (Å²) in [4.78, 5) is 0. The Labute approximate surface area is 266 Å². The number of hydrogen-bond acceptors (Lipinski definition) is 2. The van der Waals surface area contributed by atoms with E-state index in [0.717, 1.165) is 12.8 Å². The van der Waals surface area contributed by atoms with Gasteiger partial charge in [0.1, 0.15) is 0 Å². The Kier molecular flexibility index (Phi) is 6.14. The largest absolute Gasteiger partial charge is 0.374 e. The van der Waals surface area contributed by atoms with Gasteiger partial charge in [-0.3, -0.25) is 0 Å². The molecule has 0 fully saturated rings. The summed E-state index contributed by atoms with van der Waals surface area (Å²) in [5, 5.41) is 9.17. The van der Waals surface area contributed by atoms with Gasteiger partial charge in [0.05, 0.1) is 21.8 Å². The van der Waals surface area contributed by atoms with Gasteiger partial charge in [0, 0.05) is 37.6 Å². The van der Waals surface area contributed by atoms with Crippen LogP contribution in [0.25, 0.3) is 53.2 Å². The number of dihydropyridines is 1. The summed E-state index contributed by atoms with van der Waals surface area (Å²) >= 11 is 1.90. The number of thiophene rings is 1. The second kappa shape index (κ2) is 10.5. The van der Waals surface area contributed by atoms with Crippen LogP contribution in [0.4, 0.5) is 0 Å². The highest BCUT2D eigenvalue weighted by molar-refractivity contribution is 7.26. The van der Waals surface area contributed by atoms with E-state index in [1.165, 1.54) is 81.2 Å². The lowest BCUT2D eigenvalue weighted by molar-refractivity contribution is 0.677. The summed E-state index contributed by atoms with van der Waals surface area (Å²) in [6.45, 7) is 2.28. The Bertz CT molecular complexity index is 2390. The molecule has 0 saturated heterocycles. The minimum absolute atomic E-state index is 0.0814. The molecule has 0 amide bonds. The molecule has 2 nitrogen and oxygen atoms in total. The number of allylic oxidation sites excluding steroid dienone is 5. The first-order chi connectivity index (χ1) is 22.2. The number of nitrogens with one attached hydrogen (secondary N) is 1. The third-order valence-corrected chi connectivity index (χ3v) is 10.7. The van der Waals surface area contributed by atoms with Gasteiger partial charge in [-0.2, -0.15) is 0 Å². The molecule has 0 spiro atoms. The van der Waals surface area contributed by atoms with Gasteiger partial charge in [-0.1, -0.05) is 109 Å². The predicted molar refractivity (Wildman–Crippen MR) is 193 cm³/mol. The highest BCUT2D eigenvalue weighted by Gasteiger charge is 2.25. The average Bonchev–Trinajstić information content (AvgIpc) is 3.65. The van der Waals surface area contributed by atoms with Crippen LogP contribution in [0.2, 0.25) is 0 Å². The van der Waals surface area contributed by atoms with Crippen molar-refractivity contribution < 1.29 is 0 Å². The number of nitrogens with zero attached hydrogens (tertiary/aromatic N) is 1. The number of aromatic nitrogens is 1. The van der Waals surface area contributed by atoms with Crippen molar-refractivity contribution in [3.63, 3.8) is 0 Å². The first kappa shape index (κ1) is 26.3. The Balaban J connectivity index is 1.20. The SMILES string of the molecule is CC1=C(c2ccccc2)C=C(C2=CCCC=C2)NC1c1ccc(-n2c3ccccc3c3ccc4c5ccccc5sc4c32)cc1. The summed E-state index contributed by atoms with van der Waals surface area (Å²) < 4.78 is 5.15. The van der Waals surface area contributed by atoms with Crippen molar-refractivity contribution in [1.82, 2.24) is 9.88 Å². The molecule has 2 aliphatic rings. The Hall–Kier alpha value is -5.12. The lowest BCUT2D eigenvalue weighted by Gasteiger charge is -2.31. The van der Waals surface area contributed by atoms with Gasteiger partial charge in [0.15, 0.2) is 0 Å². The van der Waals surface area contributed by atoms with E-state index in [1.54, 1.807) is 0 Å².